The zero-order chi connectivity index (χ0) is 23.8. The van der Waals surface area contributed by atoms with Crippen LogP contribution in [0, 0.1) is 18.6 Å². The normalized spacial score (nSPS) is 21.4. The smallest absolute Gasteiger partial charge is 0.272 e. The van der Waals surface area contributed by atoms with Crippen molar-refractivity contribution >= 4 is 28.2 Å². The molecule has 2 atom stereocenters. The first-order valence-corrected chi connectivity index (χ1v) is 11.5. The van der Waals surface area contributed by atoms with Crippen molar-refractivity contribution in [2.24, 2.45) is 0 Å². The summed E-state index contributed by atoms with van der Waals surface area (Å²) in [6.07, 6.45) is 0.761. The highest BCUT2D eigenvalue weighted by atomic mass is 19.1. The lowest BCUT2D eigenvalue weighted by Crippen LogP contribution is -2.49. The van der Waals surface area contributed by atoms with Gasteiger partial charge < -0.3 is 25.0 Å². The molecule has 0 unspecified atom stereocenters. The Morgan fingerprint density at radius 3 is 2.85 bits per heavy atom. The van der Waals surface area contributed by atoms with E-state index in [4.69, 9.17) is 4.74 Å². The maximum absolute atomic E-state index is 14.5. The van der Waals surface area contributed by atoms with Crippen molar-refractivity contribution in [1.82, 2.24) is 9.88 Å². The molecule has 0 spiro atoms. The van der Waals surface area contributed by atoms with Gasteiger partial charge in [0.1, 0.15) is 17.3 Å². The van der Waals surface area contributed by atoms with Crippen LogP contribution >= 0.6 is 0 Å². The average molecular weight is 471 g/mol. The topological polar surface area (TPSA) is 80.8 Å². The number of morpholine rings is 1. The number of fused-ring (bicyclic) bond motifs is 1. The number of rotatable bonds is 5. The largest absolute Gasteiger partial charge is 0.394 e. The predicted molar refractivity (Wildman–Crippen MR) is 126 cm³/mol. The fourth-order valence-corrected chi connectivity index (χ4v) is 4.93. The molecule has 5 rings (SSSR count). The van der Waals surface area contributed by atoms with Crippen molar-refractivity contribution in [3.63, 3.8) is 0 Å². The molecule has 1 amide bonds. The third-order valence-corrected chi connectivity index (χ3v) is 6.75. The van der Waals surface area contributed by atoms with Gasteiger partial charge in [-0.1, -0.05) is 6.07 Å². The molecule has 3 heterocycles. The van der Waals surface area contributed by atoms with Crippen LogP contribution in [-0.4, -0.2) is 72.4 Å². The number of hydrogen-bond acceptors (Lipinski definition) is 5. The van der Waals surface area contributed by atoms with Crippen LogP contribution in [0.3, 0.4) is 0 Å². The van der Waals surface area contributed by atoms with Crippen LogP contribution in [-0.2, 0) is 4.74 Å². The Morgan fingerprint density at radius 1 is 1.21 bits per heavy atom. The number of nitrogens with zero attached hydrogens (tertiary/aromatic N) is 2. The molecule has 9 heteroatoms. The van der Waals surface area contributed by atoms with Gasteiger partial charge in [0.15, 0.2) is 0 Å². The molecule has 2 aliphatic heterocycles. The second kappa shape index (κ2) is 9.32. The molecule has 7 nitrogen and oxygen atoms in total. The van der Waals surface area contributed by atoms with Gasteiger partial charge in [0.2, 0.25) is 0 Å². The fourth-order valence-electron chi connectivity index (χ4n) is 4.93. The molecule has 0 bridgehead atoms. The molecule has 2 saturated heterocycles. The lowest BCUT2D eigenvalue weighted by Gasteiger charge is -2.36. The van der Waals surface area contributed by atoms with Gasteiger partial charge >= 0.3 is 0 Å². The predicted octanol–water partition coefficient (Wildman–Crippen LogP) is 3.28. The van der Waals surface area contributed by atoms with Crippen molar-refractivity contribution in [3.05, 3.63) is 59.3 Å². The lowest BCUT2D eigenvalue weighted by molar-refractivity contribution is -0.0623. The average Bonchev–Trinajstić information content (AvgIpc) is 3.50. The molecule has 0 aliphatic carbocycles. The fraction of sp³-hybridized carbons (Fsp3) is 0.400. The SMILES string of the molecule is Cc1ccc(F)c2cc(C(=O)Nc3cc(F)cc(N4CC[C@H](N5CCO[C@@H](CO)C5)C4)c3)[nH]c12. The summed E-state index contributed by atoms with van der Waals surface area (Å²) in [6.45, 7) is 5.42. The molecule has 34 heavy (non-hydrogen) atoms. The molecular formula is C25H28F2N4O3. The number of amides is 1. The molecule has 2 aliphatic rings. The van der Waals surface area contributed by atoms with Gasteiger partial charge in [-0.05, 0) is 49.2 Å². The Morgan fingerprint density at radius 2 is 2.06 bits per heavy atom. The monoisotopic (exact) mass is 470 g/mol. The summed E-state index contributed by atoms with van der Waals surface area (Å²) < 4.78 is 34.1. The van der Waals surface area contributed by atoms with Crippen LogP contribution in [0.1, 0.15) is 22.5 Å². The first-order valence-electron chi connectivity index (χ1n) is 11.5. The van der Waals surface area contributed by atoms with E-state index in [1.54, 1.807) is 12.1 Å². The van der Waals surface area contributed by atoms with Crippen LogP contribution in [0.25, 0.3) is 10.9 Å². The van der Waals surface area contributed by atoms with Gasteiger partial charge in [-0.15, -0.1) is 0 Å². The van der Waals surface area contributed by atoms with E-state index in [9.17, 15) is 18.7 Å². The van der Waals surface area contributed by atoms with Gasteiger partial charge in [0, 0.05) is 49.0 Å². The molecule has 0 radical (unpaired) electrons. The number of nitrogens with one attached hydrogen (secondary N) is 2. The maximum atomic E-state index is 14.5. The minimum absolute atomic E-state index is 0.00245. The Hall–Kier alpha value is -3.01. The van der Waals surface area contributed by atoms with Crippen molar-refractivity contribution < 1.29 is 23.4 Å². The third kappa shape index (κ3) is 4.51. The molecular weight excluding hydrogens is 442 g/mol. The number of aromatic amines is 1. The standard InChI is InChI=1S/C25H28F2N4O3/c1-15-2-3-22(27)21-11-23(29-24(15)21)25(33)28-17-8-16(26)9-19(10-17)30-5-4-18(12-30)31-6-7-34-20(13-31)14-32/h2-3,8-11,18,20,29,32H,4-7,12-14H2,1H3,(H,28,33)/t18-,20+/m0/s1. The quantitative estimate of drug-likeness (QED) is 0.533. The first-order chi connectivity index (χ1) is 16.4. The van der Waals surface area contributed by atoms with E-state index < -0.39 is 17.5 Å². The van der Waals surface area contributed by atoms with Gasteiger partial charge in [-0.25, -0.2) is 8.78 Å². The van der Waals surface area contributed by atoms with Crippen molar-refractivity contribution in [3.8, 4) is 0 Å². The minimum atomic E-state index is -0.464. The van der Waals surface area contributed by atoms with E-state index in [0.717, 1.165) is 31.6 Å². The lowest BCUT2D eigenvalue weighted by atomic mass is 10.1. The number of benzene rings is 2. The molecule has 180 valence electrons. The van der Waals surface area contributed by atoms with Crippen LogP contribution in [0.4, 0.5) is 20.2 Å². The Kier molecular flexibility index (Phi) is 6.24. The minimum Gasteiger partial charge on any atom is -0.394 e. The van der Waals surface area contributed by atoms with Gasteiger partial charge in [0.05, 0.1) is 24.8 Å². The molecule has 2 fully saturated rings. The van der Waals surface area contributed by atoms with E-state index >= 15 is 0 Å². The molecule has 3 N–H and O–H groups in total. The number of carbonyl (C=O) groups excluding carboxylic acids is 1. The van der Waals surface area contributed by atoms with Crippen LogP contribution in [0.15, 0.2) is 36.4 Å². The van der Waals surface area contributed by atoms with Crippen molar-refractivity contribution in [1.29, 1.82) is 0 Å². The number of carbonyl (C=O) groups is 1. The third-order valence-electron chi connectivity index (χ3n) is 6.75. The zero-order valence-electron chi connectivity index (χ0n) is 19.0. The number of anilines is 2. The first kappa shape index (κ1) is 22.8. The van der Waals surface area contributed by atoms with Crippen molar-refractivity contribution in [2.75, 3.05) is 49.6 Å². The highest BCUT2D eigenvalue weighted by molar-refractivity contribution is 6.06. The number of aliphatic hydroxyl groups excluding tert-OH is 1. The number of aromatic nitrogens is 1. The summed E-state index contributed by atoms with van der Waals surface area (Å²) in [6, 6.07) is 9.29. The number of aryl methyl sites for hydroxylation is 1. The number of hydrogen-bond donors (Lipinski definition) is 3. The molecule has 0 saturated carbocycles. The Bertz CT molecular complexity index is 1180. The van der Waals surface area contributed by atoms with E-state index in [1.165, 1.54) is 24.3 Å². The number of halogens is 2. The van der Waals surface area contributed by atoms with Crippen LogP contribution in [0.2, 0.25) is 0 Å². The van der Waals surface area contributed by atoms with Crippen LogP contribution < -0.4 is 10.2 Å². The summed E-state index contributed by atoms with van der Waals surface area (Å²) in [5, 5.41) is 12.5. The molecule has 1 aromatic heterocycles. The Labute approximate surface area is 196 Å². The van der Waals surface area contributed by atoms with E-state index in [0.29, 0.717) is 41.5 Å². The second-order valence-electron chi connectivity index (χ2n) is 9.05. The number of H-pyrrole nitrogens is 1. The Balaban J connectivity index is 1.30. The zero-order valence-corrected chi connectivity index (χ0v) is 19.0. The summed E-state index contributed by atoms with van der Waals surface area (Å²) >= 11 is 0. The van der Waals surface area contributed by atoms with Gasteiger partial charge in [-0.2, -0.15) is 0 Å². The summed E-state index contributed by atoms with van der Waals surface area (Å²) in [4.78, 5) is 20.2. The summed E-state index contributed by atoms with van der Waals surface area (Å²) in [5.41, 5.74) is 2.65. The second-order valence-corrected chi connectivity index (χ2v) is 9.05. The molecule has 2 aromatic carbocycles. The number of ether oxygens (including phenoxy) is 1. The maximum Gasteiger partial charge on any atom is 0.272 e. The highest BCUT2D eigenvalue weighted by Gasteiger charge is 2.31. The van der Waals surface area contributed by atoms with Crippen molar-refractivity contribution in [2.45, 2.75) is 25.5 Å². The van der Waals surface area contributed by atoms with E-state index in [-0.39, 0.29) is 18.4 Å². The van der Waals surface area contributed by atoms with Gasteiger partial charge in [0.25, 0.3) is 5.91 Å². The van der Waals surface area contributed by atoms with Gasteiger partial charge in [-0.3, -0.25) is 9.69 Å². The summed E-state index contributed by atoms with van der Waals surface area (Å²) in [7, 11) is 0. The highest BCUT2D eigenvalue weighted by Crippen LogP contribution is 2.28. The van der Waals surface area contributed by atoms with E-state index in [2.05, 4.69) is 20.1 Å². The molecule has 3 aromatic rings. The number of aliphatic hydroxyl groups is 1. The summed E-state index contributed by atoms with van der Waals surface area (Å²) in [5.74, 6) is -1.31. The van der Waals surface area contributed by atoms with E-state index in [1.807, 2.05) is 6.92 Å². The van der Waals surface area contributed by atoms with Crippen LogP contribution in [0.5, 0.6) is 0 Å².